The van der Waals surface area contributed by atoms with Crippen LogP contribution in [0.5, 0.6) is 0 Å². The van der Waals surface area contributed by atoms with Crippen molar-refractivity contribution in [3.8, 4) is 0 Å². The minimum absolute atomic E-state index is 0.0291. The van der Waals surface area contributed by atoms with E-state index in [1.165, 1.54) is 12.1 Å². The Morgan fingerprint density at radius 3 is 2.35 bits per heavy atom. The lowest BCUT2D eigenvalue weighted by Gasteiger charge is -2.14. The number of carbonyl (C=O) groups is 1. The zero-order valence-electron chi connectivity index (χ0n) is 9.45. The van der Waals surface area contributed by atoms with E-state index in [0.29, 0.717) is 0 Å². The highest BCUT2D eigenvalue weighted by atomic mass is 19.4. The van der Waals surface area contributed by atoms with E-state index >= 15 is 0 Å². The van der Waals surface area contributed by atoms with Gasteiger partial charge < -0.3 is 5.11 Å². The van der Waals surface area contributed by atoms with Crippen molar-refractivity contribution in [2.75, 3.05) is 0 Å². The van der Waals surface area contributed by atoms with Crippen molar-refractivity contribution < 1.29 is 23.1 Å². The molecule has 1 rings (SSSR count). The van der Waals surface area contributed by atoms with Crippen LogP contribution in [-0.2, 0) is 11.0 Å². The predicted octanol–water partition coefficient (Wildman–Crippen LogP) is 2.96. The first kappa shape index (κ1) is 13.7. The van der Waals surface area contributed by atoms with Gasteiger partial charge in [-0.25, -0.2) is 0 Å². The Morgan fingerprint density at radius 1 is 1.29 bits per heavy atom. The number of carbonyl (C=O) groups excluding carboxylic acids is 1. The van der Waals surface area contributed by atoms with Crippen LogP contribution in [0.1, 0.15) is 31.1 Å². The first-order valence-electron chi connectivity index (χ1n) is 5.12. The molecule has 2 nitrogen and oxygen atoms in total. The van der Waals surface area contributed by atoms with E-state index in [1.807, 2.05) is 0 Å². The van der Waals surface area contributed by atoms with E-state index in [-0.39, 0.29) is 5.56 Å². The molecular weight excluding hydrogens is 233 g/mol. The lowest BCUT2D eigenvalue weighted by atomic mass is 9.97. The van der Waals surface area contributed by atoms with E-state index in [0.717, 1.165) is 12.1 Å². The van der Waals surface area contributed by atoms with Crippen LogP contribution in [0.2, 0.25) is 0 Å². The smallest absolute Gasteiger partial charge is 0.381 e. The fraction of sp³-hybridized carbons (Fsp3) is 0.417. The number of rotatable bonds is 3. The molecule has 94 valence electrons. The number of ketones is 1. The van der Waals surface area contributed by atoms with Gasteiger partial charge in [0.15, 0.2) is 5.78 Å². The third-order valence-corrected chi connectivity index (χ3v) is 2.37. The van der Waals surface area contributed by atoms with Gasteiger partial charge in [0.05, 0.1) is 5.56 Å². The summed E-state index contributed by atoms with van der Waals surface area (Å²) in [4.78, 5) is 11.5. The second-order valence-electron chi connectivity index (χ2n) is 4.08. The molecule has 0 saturated heterocycles. The minimum atomic E-state index is -4.48. The summed E-state index contributed by atoms with van der Waals surface area (Å²) in [7, 11) is 0. The fourth-order valence-electron chi connectivity index (χ4n) is 1.37. The highest BCUT2D eigenvalue weighted by Crippen LogP contribution is 2.31. The van der Waals surface area contributed by atoms with E-state index in [4.69, 9.17) is 0 Å². The van der Waals surface area contributed by atoms with Gasteiger partial charge in [-0.05, 0) is 17.7 Å². The van der Waals surface area contributed by atoms with Gasteiger partial charge in [-0.15, -0.1) is 0 Å². The van der Waals surface area contributed by atoms with Gasteiger partial charge in [0.2, 0.25) is 0 Å². The molecule has 0 aromatic heterocycles. The Morgan fingerprint density at radius 2 is 1.88 bits per heavy atom. The lowest BCUT2D eigenvalue weighted by Crippen LogP contribution is -2.18. The molecule has 5 heteroatoms. The predicted molar refractivity (Wildman–Crippen MR) is 56.2 cm³/mol. The van der Waals surface area contributed by atoms with Crippen molar-refractivity contribution in [1.82, 2.24) is 0 Å². The van der Waals surface area contributed by atoms with Crippen LogP contribution in [0.15, 0.2) is 24.3 Å². The molecule has 0 bridgehead atoms. The third-order valence-electron chi connectivity index (χ3n) is 2.37. The van der Waals surface area contributed by atoms with Crippen LogP contribution >= 0.6 is 0 Å². The monoisotopic (exact) mass is 246 g/mol. The lowest BCUT2D eigenvalue weighted by molar-refractivity contribution is -0.138. The highest BCUT2D eigenvalue weighted by Gasteiger charge is 2.31. The molecule has 0 unspecified atom stereocenters. The van der Waals surface area contributed by atoms with Crippen molar-refractivity contribution in [3.63, 3.8) is 0 Å². The van der Waals surface area contributed by atoms with Crippen molar-refractivity contribution in [3.05, 3.63) is 35.4 Å². The summed E-state index contributed by atoms with van der Waals surface area (Å²) in [5, 5.41) is 9.63. The summed E-state index contributed by atoms with van der Waals surface area (Å²) < 4.78 is 37.3. The van der Waals surface area contributed by atoms with Crippen molar-refractivity contribution in [2.45, 2.75) is 26.1 Å². The van der Waals surface area contributed by atoms with Crippen LogP contribution in [0.25, 0.3) is 0 Å². The Kier molecular flexibility index (Phi) is 3.93. The van der Waals surface area contributed by atoms with Crippen LogP contribution in [-0.4, -0.2) is 10.9 Å². The Hall–Kier alpha value is -1.36. The quantitative estimate of drug-likeness (QED) is 0.890. The maximum atomic E-state index is 12.4. The molecule has 0 saturated carbocycles. The maximum Gasteiger partial charge on any atom is 0.416 e. The van der Waals surface area contributed by atoms with Crippen molar-refractivity contribution in [2.24, 2.45) is 5.92 Å². The molecule has 1 aromatic rings. The molecule has 0 aliphatic rings. The number of hydrogen-bond donors (Lipinski definition) is 1. The summed E-state index contributed by atoms with van der Waals surface area (Å²) in [6.45, 7) is 3.17. The van der Waals surface area contributed by atoms with Gasteiger partial charge in [0, 0.05) is 5.92 Å². The minimum Gasteiger partial charge on any atom is -0.381 e. The standard InChI is InChI=1S/C12H13F3O2/c1-7(2)10(16)11(17)8-4-3-5-9(6-8)12(13,14)15/h3-7,11,17H,1-2H3/t11-/m0/s1. The Bertz CT molecular complexity index is 410. The molecule has 0 amide bonds. The van der Waals surface area contributed by atoms with Gasteiger partial charge in [-0.2, -0.15) is 13.2 Å². The normalized spacial score (nSPS) is 13.8. The second kappa shape index (κ2) is 4.87. The highest BCUT2D eigenvalue weighted by molar-refractivity contribution is 5.85. The summed E-state index contributed by atoms with van der Waals surface area (Å²) in [5.74, 6) is -0.927. The molecule has 1 atom stereocenters. The maximum absolute atomic E-state index is 12.4. The van der Waals surface area contributed by atoms with E-state index in [9.17, 15) is 23.1 Å². The molecule has 1 aromatic carbocycles. The van der Waals surface area contributed by atoms with Gasteiger partial charge in [-0.3, -0.25) is 4.79 Å². The summed E-state index contributed by atoms with van der Waals surface area (Å²) >= 11 is 0. The van der Waals surface area contributed by atoms with Crippen LogP contribution in [0.4, 0.5) is 13.2 Å². The van der Waals surface area contributed by atoms with Gasteiger partial charge in [0.1, 0.15) is 6.10 Å². The van der Waals surface area contributed by atoms with E-state index in [1.54, 1.807) is 13.8 Å². The van der Waals surface area contributed by atoms with Crippen molar-refractivity contribution >= 4 is 5.78 Å². The van der Waals surface area contributed by atoms with Crippen molar-refractivity contribution in [1.29, 1.82) is 0 Å². The second-order valence-corrected chi connectivity index (χ2v) is 4.08. The van der Waals surface area contributed by atoms with Crippen LogP contribution in [0.3, 0.4) is 0 Å². The number of benzene rings is 1. The number of hydrogen-bond acceptors (Lipinski definition) is 2. The largest absolute Gasteiger partial charge is 0.416 e. The van der Waals surface area contributed by atoms with Gasteiger partial charge in [0.25, 0.3) is 0 Å². The molecule has 17 heavy (non-hydrogen) atoms. The number of alkyl halides is 3. The van der Waals surface area contributed by atoms with Gasteiger partial charge >= 0.3 is 6.18 Å². The molecule has 0 aliphatic carbocycles. The topological polar surface area (TPSA) is 37.3 Å². The molecule has 0 spiro atoms. The molecule has 0 fully saturated rings. The fourth-order valence-corrected chi connectivity index (χ4v) is 1.37. The average molecular weight is 246 g/mol. The molecular formula is C12H13F3O2. The number of halogens is 3. The third kappa shape index (κ3) is 3.30. The molecule has 0 radical (unpaired) electrons. The first-order chi connectivity index (χ1) is 7.73. The zero-order valence-corrected chi connectivity index (χ0v) is 9.45. The summed E-state index contributed by atoms with van der Waals surface area (Å²) in [6.07, 6.45) is -5.98. The molecule has 0 aliphatic heterocycles. The summed E-state index contributed by atoms with van der Waals surface area (Å²) in [6, 6.07) is 4.18. The van der Waals surface area contributed by atoms with E-state index in [2.05, 4.69) is 0 Å². The zero-order chi connectivity index (χ0) is 13.2. The number of aliphatic hydroxyl groups excluding tert-OH is 1. The average Bonchev–Trinajstić information content (AvgIpc) is 2.26. The Balaban J connectivity index is 3.04. The molecule has 1 N–H and O–H groups in total. The number of aliphatic hydroxyl groups is 1. The number of Topliss-reactive ketones (excluding diaryl/α,β-unsaturated/α-hetero) is 1. The molecule has 0 heterocycles. The first-order valence-corrected chi connectivity index (χ1v) is 5.12. The summed E-state index contributed by atoms with van der Waals surface area (Å²) in [5.41, 5.74) is -0.899. The van der Waals surface area contributed by atoms with Gasteiger partial charge in [-0.1, -0.05) is 26.0 Å². The SMILES string of the molecule is CC(C)C(=O)[C@@H](O)c1cccc(C(F)(F)F)c1. The Labute approximate surface area is 97.1 Å². The van der Waals surface area contributed by atoms with Crippen LogP contribution < -0.4 is 0 Å². The van der Waals surface area contributed by atoms with Crippen LogP contribution in [0, 0.1) is 5.92 Å². The van der Waals surface area contributed by atoms with E-state index < -0.39 is 29.5 Å².